The van der Waals surface area contributed by atoms with Crippen molar-refractivity contribution in [2.75, 3.05) is 5.32 Å². The number of rotatable bonds is 3. The van der Waals surface area contributed by atoms with Gasteiger partial charge >= 0.3 is 0 Å². The van der Waals surface area contributed by atoms with E-state index in [9.17, 15) is 8.78 Å². The van der Waals surface area contributed by atoms with E-state index in [1.165, 1.54) is 12.1 Å². The van der Waals surface area contributed by atoms with Crippen molar-refractivity contribution in [2.24, 2.45) is 0 Å². The van der Waals surface area contributed by atoms with Crippen LogP contribution in [0.5, 0.6) is 0 Å². The van der Waals surface area contributed by atoms with Crippen molar-refractivity contribution in [1.82, 2.24) is 9.38 Å². The first-order chi connectivity index (χ1) is 10.0. The molecule has 0 aliphatic rings. The highest BCUT2D eigenvalue weighted by atomic mass is 79.9. The van der Waals surface area contributed by atoms with E-state index < -0.39 is 11.6 Å². The van der Waals surface area contributed by atoms with E-state index in [1.54, 1.807) is 28.9 Å². The Kier molecular flexibility index (Phi) is 3.82. The van der Waals surface area contributed by atoms with Crippen molar-refractivity contribution in [3.63, 3.8) is 0 Å². The third-order valence-corrected chi connectivity index (χ3v) is 3.60. The molecule has 21 heavy (non-hydrogen) atoms. The number of fused-ring (bicyclic) bond motifs is 1. The number of nitrogens with one attached hydrogen (secondary N) is 1. The minimum absolute atomic E-state index is 0.173. The Labute approximate surface area is 132 Å². The van der Waals surface area contributed by atoms with Crippen molar-refractivity contribution in [2.45, 2.75) is 6.54 Å². The van der Waals surface area contributed by atoms with Gasteiger partial charge in [-0.15, -0.1) is 0 Å². The smallest absolute Gasteiger partial charge is 0.150 e. The van der Waals surface area contributed by atoms with Crippen LogP contribution < -0.4 is 5.32 Å². The van der Waals surface area contributed by atoms with Gasteiger partial charge in [0.05, 0.1) is 17.3 Å². The number of imidazole rings is 1. The molecule has 3 nitrogen and oxygen atoms in total. The zero-order valence-corrected chi connectivity index (χ0v) is 12.9. The second kappa shape index (κ2) is 5.61. The van der Waals surface area contributed by atoms with Gasteiger partial charge in [-0.3, -0.25) is 0 Å². The maximum atomic E-state index is 13.7. The molecule has 2 heterocycles. The van der Waals surface area contributed by atoms with Gasteiger partial charge in [0.25, 0.3) is 0 Å². The lowest BCUT2D eigenvalue weighted by molar-refractivity contribution is 0.586. The maximum absolute atomic E-state index is 13.7. The average molecular weight is 373 g/mol. The predicted octanol–water partition coefficient (Wildman–Crippen LogP) is 4.64. The molecule has 0 aliphatic carbocycles. The largest absolute Gasteiger partial charge is 0.375 e. The van der Waals surface area contributed by atoms with Crippen molar-refractivity contribution >= 4 is 38.9 Å². The summed E-state index contributed by atoms with van der Waals surface area (Å²) < 4.78 is 29.5. The zero-order valence-electron chi connectivity index (χ0n) is 10.6. The summed E-state index contributed by atoms with van der Waals surface area (Å²) in [6.45, 7) is 0.203. The lowest BCUT2D eigenvalue weighted by Crippen LogP contribution is -2.04. The standard InChI is InChI=1S/C14H9BrClF2N3/c15-8-3-11(17)14(12(18)4-8)19-5-10-7-21-6-9(16)1-2-13(21)20-10/h1-4,6-7,19H,5H2. The fourth-order valence-electron chi connectivity index (χ4n) is 1.99. The maximum Gasteiger partial charge on any atom is 0.150 e. The molecule has 0 fully saturated rings. The molecule has 0 radical (unpaired) electrons. The van der Waals surface area contributed by atoms with Crippen LogP contribution in [-0.4, -0.2) is 9.38 Å². The topological polar surface area (TPSA) is 29.3 Å². The second-order valence-electron chi connectivity index (χ2n) is 4.44. The molecule has 1 N–H and O–H groups in total. The van der Waals surface area contributed by atoms with Crippen LogP contribution in [0.15, 0.2) is 41.1 Å². The van der Waals surface area contributed by atoms with Crippen molar-refractivity contribution in [3.05, 3.63) is 63.5 Å². The van der Waals surface area contributed by atoms with Crippen LogP contribution in [0, 0.1) is 11.6 Å². The minimum atomic E-state index is -0.659. The van der Waals surface area contributed by atoms with E-state index in [-0.39, 0.29) is 12.2 Å². The van der Waals surface area contributed by atoms with Crippen molar-refractivity contribution in [3.8, 4) is 0 Å². The number of benzene rings is 1. The summed E-state index contributed by atoms with van der Waals surface area (Å²) in [4.78, 5) is 4.33. The molecule has 7 heteroatoms. The van der Waals surface area contributed by atoms with Gasteiger partial charge in [-0.25, -0.2) is 13.8 Å². The summed E-state index contributed by atoms with van der Waals surface area (Å²) in [7, 11) is 0. The lowest BCUT2D eigenvalue weighted by Gasteiger charge is -2.07. The van der Waals surface area contributed by atoms with Gasteiger partial charge in [0.15, 0.2) is 0 Å². The molecule has 0 saturated carbocycles. The van der Waals surface area contributed by atoms with E-state index in [0.717, 1.165) is 0 Å². The molecule has 0 aliphatic heterocycles. The van der Waals surface area contributed by atoms with E-state index in [2.05, 4.69) is 26.2 Å². The van der Waals surface area contributed by atoms with Crippen LogP contribution in [0.3, 0.4) is 0 Å². The zero-order chi connectivity index (χ0) is 15.0. The summed E-state index contributed by atoms with van der Waals surface area (Å²) >= 11 is 8.93. The van der Waals surface area contributed by atoms with E-state index in [0.29, 0.717) is 20.8 Å². The molecule has 0 unspecified atom stereocenters. The fourth-order valence-corrected chi connectivity index (χ4v) is 2.56. The van der Waals surface area contributed by atoms with Crippen molar-refractivity contribution < 1.29 is 8.78 Å². The van der Waals surface area contributed by atoms with Gasteiger partial charge in [-0.1, -0.05) is 27.5 Å². The Bertz CT molecular complexity index is 796. The first-order valence-electron chi connectivity index (χ1n) is 6.04. The molecule has 3 aromatic rings. The quantitative estimate of drug-likeness (QED) is 0.726. The molecule has 1 aromatic carbocycles. The highest BCUT2D eigenvalue weighted by Gasteiger charge is 2.11. The number of aromatic nitrogens is 2. The Balaban J connectivity index is 1.83. The number of anilines is 1. The molecule has 0 atom stereocenters. The average Bonchev–Trinajstić information content (AvgIpc) is 2.79. The van der Waals surface area contributed by atoms with Crippen LogP contribution in [0.2, 0.25) is 5.02 Å². The van der Waals surface area contributed by atoms with Gasteiger partial charge in [0.1, 0.15) is 23.0 Å². The second-order valence-corrected chi connectivity index (χ2v) is 5.80. The molecule has 0 saturated heterocycles. The number of pyridine rings is 1. The van der Waals surface area contributed by atoms with E-state index in [1.807, 2.05) is 0 Å². The van der Waals surface area contributed by atoms with E-state index >= 15 is 0 Å². The first-order valence-corrected chi connectivity index (χ1v) is 7.21. The number of nitrogens with zero attached hydrogens (tertiary/aromatic N) is 2. The Hall–Kier alpha value is -1.66. The summed E-state index contributed by atoms with van der Waals surface area (Å²) in [5.74, 6) is -1.32. The van der Waals surface area contributed by atoms with Crippen LogP contribution in [0.4, 0.5) is 14.5 Å². The molecular weight excluding hydrogens is 364 g/mol. The Morgan fingerprint density at radius 3 is 2.62 bits per heavy atom. The molecule has 0 bridgehead atoms. The normalized spacial score (nSPS) is 11.0. The van der Waals surface area contributed by atoms with Crippen LogP contribution in [0.25, 0.3) is 5.65 Å². The third kappa shape index (κ3) is 3.01. The summed E-state index contributed by atoms with van der Waals surface area (Å²) in [6.07, 6.45) is 3.47. The molecule has 2 aromatic heterocycles. The highest BCUT2D eigenvalue weighted by Crippen LogP contribution is 2.24. The van der Waals surface area contributed by atoms with Crippen molar-refractivity contribution in [1.29, 1.82) is 0 Å². The van der Waals surface area contributed by atoms with E-state index in [4.69, 9.17) is 11.6 Å². The van der Waals surface area contributed by atoms with Gasteiger partial charge in [0.2, 0.25) is 0 Å². The summed E-state index contributed by atoms with van der Waals surface area (Å²) in [5, 5.41) is 3.31. The van der Waals surface area contributed by atoms with Crippen LogP contribution >= 0.6 is 27.5 Å². The SMILES string of the molecule is Fc1cc(Br)cc(F)c1NCc1cn2cc(Cl)ccc2n1. The molecule has 108 valence electrons. The Morgan fingerprint density at radius 1 is 1.19 bits per heavy atom. The fraction of sp³-hybridized carbons (Fsp3) is 0.0714. The highest BCUT2D eigenvalue weighted by molar-refractivity contribution is 9.10. The first kappa shape index (κ1) is 14.3. The third-order valence-electron chi connectivity index (χ3n) is 2.92. The van der Waals surface area contributed by atoms with Crippen LogP contribution in [-0.2, 0) is 6.54 Å². The number of hydrogen-bond acceptors (Lipinski definition) is 2. The predicted molar refractivity (Wildman–Crippen MR) is 81.6 cm³/mol. The van der Waals surface area contributed by atoms with Gasteiger partial charge < -0.3 is 9.72 Å². The van der Waals surface area contributed by atoms with Gasteiger partial charge in [0, 0.05) is 16.9 Å². The number of hydrogen-bond donors (Lipinski definition) is 1. The van der Waals surface area contributed by atoms with Gasteiger partial charge in [-0.05, 0) is 24.3 Å². The monoisotopic (exact) mass is 371 g/mol. The summed E-state index contributed by atoms with van der Waals surface area (Å²) in [6, 6.07) is 5.91. The molecule has 3 rings (SSSR count). The Morgan fingerprint density at radius 2 is 1.90 bits per heavy atom. The minimum Gasteiger partial charge on any atom is -0.375 e. The number of halogens is 4. The lowest BCUT2D eigenvalue weighted by atomic mass is 10.3. The molecule has 0 spiro atoms. The van der Waals surface area contributed by atoms with Crippen LogP contribution in [0.1, 0.15) is 5.69 Å². The van der Waals surface area contributed by atoms with Gasteiger partial charge in [-0.2, -0.15) is 0 Å². The molecular formula is C14H9BrClF2N3. The molecule has 0 amide bonds. The summed E-state index contributed by atoms with van der Waals surface area (Å²) in [5.41, 5.74) is 1.19.